The summed E-state index contributed by atoms with van der Waals surface area (Å²) in [5.41, 5.74) is 0.882. The van der Waals surface area contributed by atoms with Gasteiger partial charge in [0.1, 0.15) is 0 Å². The highest BCUT2D eigenvalue weighted by Gasteiger charge is 2.38. The van der Waals surface area contributed by atoms with Crippen LogP contribution >= 0.6 is 7.82 Å². The molecule has 1 aromatic carbocycles. The van der Waals surface area contributed by atoms with Gasteiger partial charge in [0.25, 0.3) is 0 Å². The lowest BCUT2D eigenvalue weighted by Gasteiger charge is -2.04. The van der Waals surface area contributed by atoms with Crippen LogP contribution in [0.25, 0.3) is 0 Å². The number of benzene rings is 1. The number of para-hydroxylation sites is 1. The molecular formula is C8H9O4P. The van der Waals surface area contributed by atoms with Crippen molar-refractivity contribution < 1.29 is 18.1 Å². The normalized spacial score (nSPS) is 24.8. The lowest BCUT2D eigenvalue weighted by Crippen LogP contribution is -1.93. The molecule has 1 heterocycles. The van der Waals surface area contributed by atoms with Gasteiger partial charge < -0.3 is 9.05 Å². The Kier molecular flexibility index (Phi) is 1.82. The molecule has 0 saturated carbocycles. The maximum atomic E-state index is 11.5. The summed E-state index contributed by atoms with van der Waals surface area (Å²) in [4.78, 5) is 0. The molecule has 0 aliphatic carbocycles. The van der Waals surface area contributed by atoms with E-state index in [1.54, 1.807) is 6.07 Å². The highest BCUT2D eigenvalue weighted by molar-refractivity contribution is 7.49. The molecule has 0 radical (unpaired) electrons. The van der Waals surface area contributed by atoms with Gasteiger partial charge in [0.2, 0.25) is 0 Å². The Labute approximate surface area is 76.0 Å². The van der Waals surface area contributed by atoms with Gasteiger partial charge in [0.05, 0.1) is 0 Å². The van der Waals surface area contributed by atoms with Gasteiger partial charge in [-0.25, -0.2) is 4.57 Å². The van der Waals surface area contributed by atoms with Gasteiger partial charge in [-0.15, -0.1) is 0 Å². The smallest absolute Gasteiger partial charge is 0.391 e. The van der Waals surface area contributed by atoms with Crippen LogP contribution in [-0.4, -0.2) is 7.11 Å². The minimum absolute atomic E-state index is 0.477. The second kappa shape index (κ2) is 2.76. The van der Waals surface area contributed by atoms with Crippen molar-refractivity contribution in [3.8, 4) is 11.5 Å². The molecule has 0 aromatic heterocycles. The molecule has 70 valence electrons. The largest absolute Gasteiger partial charge is 0.587 e. The van der Waals surface area contributed by atoms with Crippen molar-refractivity contribution in [2.45, 2.75) is 6.92 Å². The third-order valence-corrected chi connectivity index (χ3v) is 3.09. The zero-order valence-electron chi connectivity index (χ0n) is 7.31. The SMILES string of the molecule is COP1(=O)Oc2cccc(C)c2O1. The average molecular weight is 200 g/mol. The van der Waals surface area contributed by atoms with E-state index >= 15 is 0 Å². The molecule has 1 aromatic rings. The van der Waals surface area contributed by atoms with Crippen molar-refractivity contribution in [1.29, 1.82) is 0 Å². The Morgan fingerprint density at radius 2 is 2.15 bits per heavy atom. The van der Waals surface area contributed by atoms with Gasteiger partial charge in [-0.05, 0) is 18.6 Å². The lowest BCUT2D eigenvalue weighted by molar-refractivity contribution is 0.275. The molecule has 13 heavy (non-hydrogen) atoms. The molecule has 5 heteroatoms. The van der Waals surface area contributed by atoms with E-state index in [-0.39, 0.29) is 0 Å². The number of hydrogen-bond acceptors (Lipinski definition) is 4. The predicted molar refractivity (Wildman–Crippen MR) is 47.1 cm³/mol. The van der Waals surface area contributed by atoms with Crippen LogP contribution in [0.3, 0.4) is 0 Å². The first kappa shape index (κ1) is 8.60. The Bertz CT molecular complexity index is 388. The van der Waals surface area contributed by atoms with Crippen LogP contribution in [0, 0.1) is 6.92 Å². The van der Waals surface area contributed by atoms with Crippen molar-refractivity contribution in [2.75, 3.05) is 7.11 Å². The second-order valence-electron chi connectivity index (χ2n) is 2.71. The molecule has 1 unspecified atom stereocenters. The third kappa shape index (κ3) is 1.32. The topological polar surface area (TPSA) is 44.8 Å². The summed E-state index contributed by atoms with van der Waals surface area (Å²) in [6.07, 6.45) is 0. The number of fused-ring (bicyclic) bond motifs is 1. The third-order valence-electron chi connectivity index (χ3n) is 1.81. The average Bonchev–Trinajstić information content (AvgIpc) is 2.45. The molecule has 0 spiro atoms. The first-order chi connectivity index (χ1) is 6.14. The highest BCUT2D eigenvalue weighted by atomic mass is 31.2. The summed E-state index contributed by atoms with van der Waals surface area (Å²) in [6, 6.07) is 5.36. The van der Waals surface area contributed by atoms with E-state index in [0.29, 0.717) is 11.5 Å². The monoisotopic (exact) mass is 200 g/mol. The number of aryl methyl sites for hydroxylation is 1. The molecule has 0 N–H and O–H groups in total. The predicted octanol–water partition coefficient (Wildman–Crippen LogP) is 2.52. The second-order valence-corrected chi connectivity index (χ2v) is 4.34. The number of hydrogen-bond donors (Lipinski definition) is 0. The quantitative estimate of drug-likeness (QED) is 0.653. The summed E-state index contributed by atoms with van der Waals surface area (Å²) in [5, 5.41) is 0. The van der Waals surface area contributed by atoms with E-state index in [0.717, 1.165) is 5.56 Å². The van der Waals surface area contributed by atoms with Gasteiger partial charge >= 0.3 is 7.82 Å². The fourth-order valence-corrected chi connectivity index (χ4v) is 2.17. The Morgan fingerprint density at radius 3 is 2.77 bits per heavy atom. The Balaban J connectivity index is 2.46. The Morgan fingerprint density at radius 1 is 1.38 bits per heavy atom. The van der Waals surface area contributed by atoms with E-state index in [4.69, 9.17) is 9.05 Å². The van der Waals surface area contributed by atoms with E-state index in [9.17, 15) is 4.57 Å². The zero-order chi connectivity index (χ0) is 9.47. The summed E-state index contributed by atoms with van der Waals surface area (Å²) in [5.74, 6) is 0.984. The van der Waals surface area contributed by atoms with Crippen molar-refractivity contribution in [1.82, 2.24) is 0 Å². The van der Waals surface area contributed by atoms with Crippen molar-refractivity contribution in [3.05, 3.63) is 23.8 Å². The summed E-state index contributed by atoms with van der Waals surface area (Å²) >= 11 is 0. The molecule has 1 atom stereocenters. The molecule has 0 amide bonds. The summed E-state index contributed by atoms with van der Waals surface area (Å²) < 4.78 is 26.3. The zero-order valence-corrected chi connectivity index (χ0v) is 8.21. The molecule has 4 nitrogen and oxygen atoms in total. The van der Waals surface area contributed by atoms with Crippen molar-refractivity contribution in [3.63, 3.8) is 0 Å². The van der Waals surface area contributed by atoms with Crippen LogP contribution < -0.4 is 9.05 Å². The van der Waals surface area contributed by atoms with Crippen LogP contribution in [0.2, 0.25) is 0 Å². The van der Waals surface area contributed by atoms with Crippen molar-refractivity contribution >= 4 is 7.82 Å². The maximum Gasteiger partial charge on any atom is 0.587 e. The number of phosphoric ester groups is 1. The first-order valence-corrected chi connectivity index (χ1v) is 5.25. The van der Waals surface area contributed by atoms with Crippen LogP contribution in [-0.2, 0) is 9.09 Å². The molecule has 1 aliphatic heterocycles. The standard InChI is InChI=1S/C8H9O4P/c1-6-4-3-5-7-8(6)12-13(9,10-2)11-7/h3-5H,1-2H3. The molecule has 0 bridgehead atoms. The first-order valence-electron chi connectivity index (χ1n) is 3.79. The molecule has 0 saturated heterocycles. The van der Waals surface area contributed by atoms with Crippen LogP contribution in [0.1, 0.15) is 5.56 Å². The van der Waals surface area contributed by atoms with Crippen LogP contribution in [0.15, 0.2) is 18.2 Å². The molecule has 2 rings (SSSR count). The van der Waals surface area contributed by atoms with E-state index in [2.05, 4.69) is 4.52 Å². The maximum absolute atomic E-state index is 11.5. The highest BCUT2D eigenvalue weighted by Crippen LogP contribution is 2.59. The van der Waals surface area contributed by atoms with E-state index in [1.165, 1.54) is 7.11 Å². The minimum atomic E-state index is -3.36. The molecular weight excluding hydrogens is 191 g/mol. The van der Waals surface area contributed by atoms with Crippen molar-refractivity contribution in [2.24, 2.45) is 0 Å². The van der Waals surface area contributed by atoms with Crippen LogP contribution in [0.5, 0.6) is 11.5 Å². The van der Waals surface area contributed by atoms with Crippen LogP contribution in [0.4, 0.5) is 0 Å². The lowest BCUT2D eigenvalue weighted by atomic mass is 10.2. The van der Waals surface area contributed by atoms with Gasteiger partial charge in [-0.3, -0.25) is 4.52 Å². The van der Waals surface area contributed by atoms with Gasteiger partial charge in [-0.2, -0.15) is 0 Å². The minimum Gasteiger partial charge on any atom is -0.391 e. The molecule has 0 fully saturated rings. The summed E-state index contributed by atoms with van der Waals surface area (Å²) in [6.45, 7) is 1.85. The van der Waals surface area contributed by atoms with E-state index < -0.39 is 7.82 Å². The van der Waals surface area contributed by atoms with Gasteiger partial charge in [-0.1, -0.05) is 12.1 Å². The summed E-state index contributed by atoms with van der Waals surface area (Å²) in [7, 11) is -2.07. The number of phosphoric acid groups is 1. The fraction of sp³-hybridized carbons (Fsp3) is 0.250. The van der Waals surface area contributed by atoms with E-state index in [1.807, 2.05) is 19.1 Å². The Hall–Kier alpha value is -0.990. The van der Waals surface area contributed by atoms with Gasteiger partial charge in [0.15, 0.2) is 11.5 Å². The van der Waals surface area contributed by atoms with Gasteiger partial charge in [0, 0.05) is 7.11 Å². The number of rotatable bonds is 1. The fourth-order valence-electron chi connectivity index (χ4n) is 1.14. The molecule has 1 aliphatic rings.